The first kappa shape index (κ1) is 14.7. The van der Waals surface area contributed by atoms with Crippen LogP contribution in [-0.2, 0) is 10.5 Å². The second-order valence-corrected chi connectivity index (χ2v) is 4.62. The summed E-state index contributed by atoms with van der Waals surface area (Å²) in [5.74, 6) is -0.727. The Kier molecular flexibility index (Phi) is 3.69. The lowest BCUT2D eigenvalue weighted by Gasteiger charge is -2.32. The van der Waals surface area contributed by atoms with Crippen LogP contribution in [0, 0.1) is 0 Å². The van der Waals surface area contributed by atoms with E-state index in [0.717, 1.165) is 10.8 Å². The fourth-order valence-electron chi connectivity index (χ4n) is 2.42. The minimum absolute atomic E-state index is 0.0626. The first-order valence-corrected chi connectivity index (χ1v) is 6.07. The highest BCUT2D eigenvalue weighted by molar-refractivity contribution is 5.12. The number of H-pyrrole nitrogens is 1. The van der Waals surface area contributed by atoms with Crippen LogP contribution >= 0.6 is 0 Å². The third-order valence-electron chi connectivity index (χ3n) is 3.54. The summed E-state index contributed by atoms with van der Waals surface area (Å²) < 4.78 is 6.23. The van der Waals surface area contributed by atoms with Crippen molar-refractivity contribution in [1.82, 2.24) is 9.55 Å². The second kappa shape index (κ2) is 5.02. The average molecular weight is 288 g/mol. The predicted octanol–water partition coefficient (Wildman–Crippen LogP) is -2.58. The quantitative estimate of drug-likeness (QED) is 0.410. The Morgan fingerprint density at radius 3 is 2.60 bits per heavy atom. The second-order valence-electron chi connectivity index (χ2n) is 4.62. The maximum Gasteiger partial charge on any atom is 0.330 e. The van der Waals surface area contributed by atoms with Gasteiger partial charge in [0, 0.05) is 0 Å². The van der Waals surface area contributed by atoms with Gasteiger partial charge in [0.15, 0.2) is 11.5 Å². The van der Waals surface area contributed by atoms with Crippen molar-refractivity contribution >= 4 is 0 Å². The van der Waals surface area contributed by atoms with Crippen molar-refractivity contribution in [3.05, 3.63) is 27.0 Å². The van der Waals surface area contributed by atoms with Gasteiger partial charge in [-0.2, -0.15) is 0 Å². The summed E-state index contributed by atoms with van der Waals surface area (Å²) >= 11 is 0. The van der Waals surface area contributed by atoms with Crippen molar-refractivity contribution in [2.75, 3.05) is 6.61 Å². The number of aromatic hydroxyl groups is 1. The van der Waals surface area contributed by atoms with Crippen molar-refractivity contribution in [1.29, 1.82) is 0 Å². The highest BCUT2D eigenvalue weighted by Crippen LogP contribution is 2.37. The minimum atomic E-state index is -1.68. The lowest BCUT2D eigenvalue weighted by molar-refractivity contribution is -0.152. The van der Waals surface area contributed by atoms with E-state index < -0.39 is 47.6 Å². The molecule has 1 aromatic heterocycles. The lowest BCUT2D eigenvalue weighted by atomic mass is 10.00. The van der Waals surface area contributed by atoms with Crippen molar-refractivity contribution in [2.45, 2.75) is 37.4 Å². The summed E-state index contributed by atoms with van der Waals surface area (Å²) in [6.07, 6.45) is -3.09. The number of hydrogen-bond acceptors (Lipinski definition) is 7. The number of aromatic amines is 1. The number of nitrogens with zero attached hydrogens (tertiary/aromatic N) is 1. The molecule has 20 heavy (non-hydrogen) atoms. The van der Waals surface area contributed by atoms with Gasteiger partial charge in [-0.15, -0.1) is 0 Å². The molecule has 0 radical (unpaired) electrons. The molecule has 1 aliphatic rings. The first-order chi connectivity index (χ1) is 9.37. The average Bonchev–Trinajstić information content (AvgIpc) is 2.68. The maximum atomic E-state index is 11.9. The van der Waals surface area contributed by atoms with Crippen LogP contribution in [0.3, 0.4) is 0 Å². The molecule has 2 heterocycles. The molecule has 9 heteroatoms. The van der Waals surface area contributed by atoms with Crippen molar-refractivity contribution < 1.29 is 25.2 Å². The molecule has 0 aromatic carbocycles. The number of ether oxygens (including phenoxy) is 1. The van der Waals surface area contributed by atoms with Gasteiger partial charge in [-0.05, 0) is 6.42 Å². The fourth-order valence-corrected chi connectivity index (χ4v) is 2.42. The van der Waals surface area contributed by atoms with Gasteiger partial charge in [-0.1, -0.05) is 6.92 Å². The summed E-state index contributed by atoms with van der Waals surface area (Å²) in [6, 6.07) is 0. The van der Waals surface area contributed by atoms with E-state index in [1.807, 2.05) is 4.98 Å². The van der Waals surface area contributed by atoms with Crippen LogP contribution < -0.4 is 11.2 Å². The monoisotopic (exact) mass is 288 g/mol. The number of aliphatic hydroxyl groups is 3. The molecule has 2 rings (SSSR count). The number of aliphatic hydroxyl groups excluding tert-OH is 3. The van der Waals surface area contributed by atoms with E-state index in [0.29, 0.717) is 0 Å². The number of hydrogen-bond donors (Lipinski definition) is 5. The number of nitrogens with one attached hydrogen (secondary N) is 1. The van der Waals surface area contributed by atoms with E-state index in [2.05, 4.69) is 0 Å². The van der Waals surface area contributed by atoms with Gasteiger partial charge in [0.1, 0.15) is 18.3 Å². The Balaban J connectivity index is 2.61. The molecule has 0 aliphatic carbocycles. The Labute approximate surface area is 112 Å². The van der Waals surface area contributed by atoms with E-state index in [1.165, 1.54) is 0 Å². The smallest absolute Gasteiger partial charge is 0.330 e. The highest BCUT2D eigenvalue weighted by Gasteiger charge is 2.54. The van der Waals surface area contributed by atoms with Crippen LogP contribution in [-0.4, -0.2) is 54.9 Å². The fraction of sp³-hybridized carbons (Fsp3) is 0.636. The Hall–Kier alpha value is -1.68. The molecule has 0 amide bonds. The summed E-state index contributed by atoms with van der Waals surface area (Å²) in [4.78, 5) is 24.9. The topological polar surface area (TPSA) is 145 Å². The normalized spacial score (nSPS) is 33.5. The molecule has 0 saturated carbocycles. The van der Waals surface area contributed by atoms with Crippen LogP contribution in [0.15, 0.2) is 15.8 Å². The molecule has 1 fully saturated rings. The molecule has 1 saturated heterocycles. The highest BCUT2D eigenvalue weighted by atomic mass is 16.6. The third kappa shape index (κ3) is 1.95. The Bertz CT molecular complexity index is 610. The zero-order valence-electron chi connectivity index (χ0n) is 10.7. The molecule has 0 bridgehead atoms. The van der Waals surface area contributed by atoms with Gasteiger partial charge in [-0.3, -0.25) is 14.3 Å². The first-order valence-electron chi connectivity index (χ1n) is 6.07. The van der Waals surface area contributed by atoms with Crippen molar-refractivity contribution in [2.24, 2.45) is 0 Å². The van der Waals surface area contributed by atoms with Crippen LogP contribution in [0.25, 0.3) is 0 Å². The molecule has 112 valence electrons. The largest absolute Gasteiger partial charge is 0.502 e. The zero-order chi connectivity index (χ0) is 15.1. The third-order valence-corrected chi connectivity index (χ3v) is 3.54. The van der Waals surface area contributed by atoms with E-state index in [9.17, 15) is 24.9 Å². The summed E-state index contributed by atoms with van der Waals surface area (Å²) in [5.41, 5.74) is -3.55. The molecular formula is C11H16N2O7. The van der Waals surface area contributed by atoms with Crippen molar-refractivity contribution in [3.8, 4) is 5.75 Å². The van der Waals surface area contributed by atoms with Gasteiger partial charge >= 0.3 is 5.69 Å². The maximum absolute atomic E-state index is 11.9. The van der Waals surface area contributed by atoms with Crippen molar-refractivity contribution in [3.63, 3.8) is 0 Å². The van der Waals surface area contributed by atoms with Gasteiger partial charge in [0.25, 0.3) is 5.56 Å². The van der Waals surface area contributed by atoms with Crippen LogP contribution in [0.1, 0.15) is 13.3 Å². The van der Waals surface area contributed by atoms with Gasteiger partial charge in [0.05, 0.1) is 12.8 Å². The molecular weight excluding hydrogens is 272 g/mol. The van der Waals surface area contributed by atoms with Crippen LogP contribution in [0.4, 0.5) is 0 Å². The lowest BCUT2D eigenvalue weighted by Crippen LogP contribution is -2.51. The molecule has 1 aliphatic heterocycles. The summed E-state index contributed by atoms with van der Waals surface area (Å²) in [5, 5.41) is 38.5. The molecule has 5 N–H and O–H groups in total. The SMILES string of the molecule is CC[C@@]1(n2cc(O)c(=O)[nH]c2=O)O[C@H](CO)[C@@H](O)[C@H]1O. The summed E-state index contributed by atoms with van der Waals surface area (Å²) in [6.45, 7) is 1.04. The standard InChI is InChI=1S/C11H16N2O7/c1-2-11(8(17)7(16)6(4-14)20-11)13-3-5(15)9(18)12-10(13)19/h3,6-8,14-17H,2,4H2,1H3,(H,12,18,19)/t6-,7-,8-,11-/m1/s1. The molecule has 9 nitrogen and oxygen atoms in total. The van der Waals surface area contributed by atoms with Crippen LogP contribution in [0.2, 0.25) is 0 Å². The van der Waals surface area contributed by atoms with E-state index >= 15 is 0 Å². The molecule has 4 atom stereocenters. The van der Waals surface area contributed by atoms with Gasteiger partial charge in [-0.25, -0.2) is 4.79 Å². The Morgan fingerprint density at radius 1 is 1.45 bits per heavy atom. The van der Waals surface area contributed by atoms with Gasteiger partial charge < -0.3 is 25.2 Å². The van der Waals surface area contributed by atoms with Crippen LogP contribution in [0.5, 0.6) is 5.75 Å². The predicted molar refractivity (Wildman–Crippen MR) is 65.2 cm³/mol. The Morgan fingerprint density at radius 2 is 2.10 bits per heavy atom. The van der Waals surface area contributed by atoms with E-state index in [1.54, 1.807) is 6.92 Å². The molecule has 0 unspecified atom stereocenters. The minimum Gasteiger partial charge on any atom is -0.502 e. The molecule has 0 spiro atoms. The number of aromatic nitrogens is 2. The van der Waals surface area contributed by atoms with E-state index in [4.69, 9.17) is 9.84 Å². The van der Waals surface area contributed by atoms with Gasteiger partial charge in [0.2, 0.25) is 0 Å². The molecule has 1 aromatic rings. The zero-order valence-corrected chi connectivity index (χ0v) is 10.7. The summed E-state index contributed by atoms with van der Waals surface area (Å²) in [7, 11) is 0. The number of rotatable bonds is 3. The van der Waals surface area contributed by atoms with E-state index in [-0.39, 0.29) is 6.42 Å².